The van der Waals surface area contributed by atoms with Crippen LogP contribution in [0.4, 0.5) is 0 Å². The first-order valence-electron chi connectivity index (χ1n) is 4.86. The quantitative estimate of drug-likeness (QED) is 0.864. The van der Waals surface area contributed by atoms with Crippen molar-refractivity contribution in [2.75, 3.05) is 6.61 Å². The second kappa shape index (κ2) is 4.70. The maximum absolute atomic E-state index is 9.38. The highest BCUT2D eigenvalue weighted by atomic mass is 35.5. The predicted molar refractivity (Wildman–Crippen MR) is 61.2 cm³/mol. The monoisotopic (exact) mass is 238 g/mol. The van der Waals surface area contributed by atoms with E-state index in [-0.39, 0.29) is 6.61 Å². The van der Waals surface area contributed by atoms with E-state index in [4.69, 9.17) is 21.1 Å². The van der Waals surface area contributed by atoms with Gasteiger partial charge >= 0.3 is 0 Å². The molecule has 1 aromatic carbocycles. The second-order valence-corrected chi connectivity index (χ2v) is 3.79. The number of rotatable bonds is 3. The van der Waals surface area contributed by atoms with Gasteiger partial charge < -0.3 is 14.6 Å². The summed E-state index contributed by atoms with van der Waals surface area (Å²) in [6, 6.07) is 10.6. The lowest BCUT2D eigenvalue weighted by Crippen LogP contribution is -2.00. The molecule has 1 atom stereocenters. The summed E-state index contributed by atoms with van der Waals surface area (Å²) in [6.45, 7) is -0.366. The fourth-order valence-corrected chi connectivity index (χ4v) is 1.66. The molecule has 0 fully saturated rings. The van der Waals surface area contributed by atoms with Crippen LogP contribution in [0, 0.1) is 0 Å². The van der Waals surface area contributed by atoms with Crippen molar-refractivity contribution in [2.24, 2.45) is 0 Å². The maximum atomic E-state index is 9.38. The third-order valence-electron chi connectivity index (χ3n) is 2.27. The molecule has 0 radical (unpaired) electrons. The van der Waals surface area contributed by atoms with Crippen molar-refractivity contribution in [2.45, 2.75) is 6.10 Å². The standard InChI is InChI=1S/C12H11ClO3/c13-9-4-2-1-3-8(9)11-5-6-12(16-11)10(15)7-14/h1-6,10,14-15H,7H2/t10-/m0/s1. The van der Waals surface area contributed by atoms with Gasteiger partial charge in [-0.1, -0.05) is 23.7 Å². The van der Waals surface area contributed by atoms with Gasteiger partial charge in [-0.15, -0.1) is 0 Å². The number of benzene rings is 1. The SMILES string of the molecule is OC[C@H](O)c1ccc(-c2ccccc2Cl)o1. The van der Waals surface area contributed by atoms with Crippen molar-refractivity contribution < 1.29 is 14.6 Å². The van der Waals surface area contributed by atoms with Crippen LogP contribution in [-0.2, 0) is 0 Å². The summed E-state index contributed by atoms with van der Waals surface area (Å²) in [6.07, 6.45) is -0.990. The zero-order chi connectivity index (χ0) is 11.5. The van der Waals surface area contributed by atoms with E-state index in [1.165, 1.54) is 0 Å². The summed E-state index contributed by atoms with van der Waals surface area (Å²) in [5.74, 6) is 0.908. The molecule has 0 spiro atoms. The third-order valence-corrected chi connectivity index (χ3v) is 2.60. The zero-order valence-electron chi connectivity index (χ0n) is 8.43. The normalized spacial score (nSPS) is 12.7. The molecule has 0 unspecified atom stereocenters. The van der Waals surface area contributed by atoms with E-state index in [0.29, 0.717) is 16.5 Å². The molecule has 0 aliphatic rings. The predicted octanol–water partition coefficient (Wildman–Crippen LogP) is 2.63. The fourth-order valence-electron chi connectivity index (χ4n) is 1.43. The van der Waals surface area contributed by atoms with Crippen LogP contribution in [0.1, 0.15) is 11.9 Å². The van der Waals surface area contributed by atoms with Gasteiger partial charge in [-0.05, 0) is 24.3 Å². The molecule has 2 rings (SSSR count). The van der Waals surface area contributed by atoms with E-state index < -0.39 is 6.10 Å². The number of aliphatic hydroxyl groups excluding tert-OH is 2. The molecular weight excluding hydrogens is 228 g/mol. The van der Waals surface area contributed by atoms with Gasteiger partial charge in [0.2, 0.25) is 0 Å². The number of furan rings is 1. The Bertz CT molecular complexity index is 479. The maximum Gasteiger partial charge on any atom is 0.135 e. The molecule has 0 amide bonds. The third kappa shape index (κ3) is 2.11. The number of hydrogen-bond donors (Lipinski definition) is 2. The average Bonchev–Trinajstić information content (AvgIpc) is 2.78. The van der Waals surface area contributed by atoms with E-state index >= 15 is 0 Å². The van der Waals surface area contributed by atoms with Crippen molar-refractivity contribution in [3.63, 3.8) is 0 Å². The molecule has 0 saturated carbocycles. The Labute approximate surface area is 97.9 Å². The molecule has 3 nitrogen and oxygen atoms in total. The minimum Gasteiger partial charge on any atom is -0.458 e. The van der Waals surface area contributed by atoms with Crippen LogP contribution in [0.2, 0.25) is 5.02 Å². The summed E-state index contributed by atoms with van der Waals surface area (Å²) in [4.78, 5) is 0. The smallest absolute Gasteiger partial charge is 0.135 e. The van der Waals surface area contributed by atoms with Gasteiger partial charge in [-0.3, -0.25) is 0 Å². The Balaban J connectivity index is 2.35. The summed E-state index contributed by atoms with van der Waals surface area (Å²) < 4.78 is 5.41. The van der Waals surface area contributed by atoms with Gasteiger partial charge in [0.05, 0.1) is 11.6 Å². The summed E-state index contributed by atoms with van der Waals surface area (Å²) >= 11 is 6.01. The summed E-state index contributed by atoms with van der Waals surface area (Å²) in [7, 11) is 0. The molecule has 0 aliphatic carbocycles. The Hall–Kier alpha value is -1.29. The summed E-state index contributed by atoms with van der Waals surface area (Å²) in [5.41, 5.74) is 0.764. The molecule has 2 N–H and O–H groups in total. The Morgan fingerprint density at radius 3 is 2.62 bits per heavy atom. The first kappa shape index (κ1) is 11.2. The molecule has 1 aromatic heterocycles. The molecule has 2 aromatic rings. The van der Waals surface area contributed by atoms with Crippen LogP contribution in [0.15, 0.2) is 40.8 Å². The lowest BCUT2D eigenvalue weighted by molar-refractivity contribution is 0.0781. The van der Waals surface area contributed by atoms with Gasteiger partial charge in [-0.25, -0.2) is 0 Å². The van der Waals surface area contributed by atoms with Crippen molar-refractivity contribution >= 4 is 11.6 Å². The van der Waals surface area contributed by atoms with Crippen LogP contribution in [0.3, 0.4) is 0 Å². The second-order valence-electron chi connectivity index (χ2n) is 3.38. The number of halogens is 1. The van der Waals surface area contributed by atoms with Gasteiger partial charge in [-0.2, -0.15) is 0 Å². The van der Waals surface area contributed by atoms with Crippen molar-refractivity contribution in [3.8, 4) is 11.3 Å². The minimum absolute atomic E-state index is 0.331. The Morgan fingerprint density at radius 2 is 1.94 bits per heavy atom. The van der Waals surface area contributed by atoms with E-state index in [1.807, 2.05) is 18.2 Å². The molecule has 0 aliphatic heterocycles. The average molecular weight is 239 g/mol. The Morgan fingerprint density at radius 1 is 1.19 bits per heavy atom. The fraction of sp³-hybridized carbons (Fsp3) is 0.167. The van der Waals surface area contributed by atoms with Crippen molar-refractivity contribution in [1.29, 1.82) is 0 Å². The highest BCUT2D eigenvalue weighted by Crippen LogP contribution is 2.30. The molecule has 0 bridgehead atoms. The number of hydrogen-bond acceptors (Lipinski definition) is 3. The van der Waals surface area contributed by atoms with Crippen molar-refractivity contribution in [3.05, 3.63) is 47.2 Å². The van der Waals surface area contributed by atoms with Crippen LogP contribution < -0.4 is 0 Å². The Kier molecular flexibility index (Phi) is 3.29. The van der Waals surface area contributed by atoms with Gasteiger partial charge in [0.1, 0.15) is 17.6 Å². The molecule has 16 heavy (non-hydrogen) atoms. The van der Waals surface area contributed by atoms with Crippen molar-refractivity contribution in [1.82, 2.24) is 0 Å². The highest BCUT2D eigenvalue weighted by Gasteiger charge is 2.13. The first-order chi connectivity index (χ1) is 7.72. The molecule has 1 heterocycles. The van der Waals surface area contributed by atoms with E-state index in [1.54, 1.807) is 18.2 Å². The van der Waals surface area contributed by atoms with E-state index in [9.17, 15) is 5.11 Å². The summed E-state index contributed by atoms with van der Waals surface area (Å²) in [5, 5.41) is 18.8. The van der Waals surface area contributed by atoms with Crippen LogP contribution in [0.25, 0.3) is 11.3 Å². The van der Waals surface area contributed by atoms with Gasteiger partial charge in [0, 0.05) is 5.56 Å². The van der Waals surface area contributed by atoms with Gasteiger partial charge in [0.15, 0.2) is 0 Å². The van der Waals surface area contributed by atoms with Crippen LogP contribution in [-0.4, -0.2) is 16.8 Å². The van der Waals surface area contributed by atoms with Crippen LogP contribution in [0.5, 0.6) is 0 Å². The highest BCUT2D eigenvalue weighted by molar-refractivity contribution is 6.33. The number of aliphatic hydroxyl groups is 2. The van der Waals surface area contributed by atoms with Gasteiger partial charge in [0.25, 0.3) is 0 Å². The lowest BCUT2D eigenvalue weighted by atomic mass is 10.2. The van der Waals surface area contributed by atoms with E-state index in [0.717, 1.165) is 5.56 Å². The van der Waals surface area contributed by atoms with E-state index in [2.05, 4.69) is 0 Å². The molecule has 0 saturated heterocycles. The molecule has 84 valence electrons. The topological polar surface area (TPSA) is 53.6 Å². The largest absolute Gasteiger partial charge is 0.458 e. The first-order valence-corrected chi connectivity index (χ1v) is 5.23. The van der Waals surface area contributed by atoms with Crippen LogP contribution >= 0.6 is 11.6 Å². The minimum atomic E-state index is -0.990. The zero-order valence-corrected chi connectivity index (χ0v) is 9.19. The molecule has 4 heteroatoms. The lowest BCUT2D eigenvalue weighted by Gasteiger charge is -2.03. The molecular formula is C12H11ClO3.